The summed E-state index contributed by atoms with van der Waals surface area (Å²) in [6.45, 7) is 12.1. The van der Waals surface area contributed by atoms with Crippen molar-refractivity contribution in [2.45, 2.75) is 65.6 Å². The molecule has 0 unspecified atom stereocenters. The fourth-order valence-electron chi connectivity index (χ4n) is 3.26. The zero-order valence-electron chi connectivity index (χ0n) is 16.5. The highest BCUT2D eigenvalue weighted by Crippen LogP contribution is 2.28. The normalized spacial score (nSPS) is 15.3. The molecule has 0 radical (unpaired) electrons. The van der Waals surface area contributed by atoms with E-state index in [1.165, 1.54) is 11.1 Å². The highest BCUT2D eigenvalue weighted by atomic mass is 16.3. The van der Waals surface area contributed by atoms with E-state index in [1.807, 2.05) is 13.0 Å². The van der Waals surface area contributed by atoms with Gasteiger partial charge < -0.3 is 15.3 Å². The van der Waals surface area contributed by atoms with Crippen molar-refractivity contribution in [3.05, 3.63) is 46.6 Å². The number of benzene rings is 1. The summed E-state index contributed by atoms with van der Waals surface area (Å²) in [5.41, 5.74) is 4.69. The maximum Gasteiger partial charge on any atom is 0.225 e. The maximum atomic E-state index is 9.81. The molecule has 0 saturated heterocycles. The van der Waals surface area contributed by atoms with Gasteiger partial charge in [-0.2, -0.15) is 4.98 Å². The van der Waals surface area contributed by atoms with Crippen LogP contribution in [0.25, 0.3) is 0 Å². The number of nitrogens with one attached hydrogen (secondary N) is 1. The number of aliphatic hydroxyl groups excluding tert-OH is 1. The number of fused-ring (bicyclic) bond motifs is 1. The molecule has 26 heavy (non-hydrogen) atoms. The van der Waals surface area contributed by atoms with E-state index in [9.17, 15) is 5.11 Å². The van der Waals surface area contributed by atoms with Crippen molar-refractivity contribution in [2.75, 3.05) is 16.8 Å². The Bertz CT molecular complexity index is 771. The molecule has 0 saturated carbocycles. The molecule has 0 spiro atoms. The van der Waals surface area contributed by atoms with Crippen LogP contribution in [0.3, 0.4) is 0 Å². The molecule has 5 heteroatoms. The largest absolute Gasteiger partial charge is 0.389 e. The van der Waals surface area contributed by atoms with Crippen LogP contribution >= 0.6 is 0 Å². The molecule has 1 aromatic carbocycles. The molecule has 0 fully saturated rings. The van der Waals surface area contributed by atoms with Crippen molar-refractivity contribution in [1.82, 2.24) is 9.97 Å². The Morgan fingerprint density at radius 1 is 1.04 bits per heavy atom. The third kappa shape index (κ3) is 4.15. The van der Waals surface area contributed by atoms with E-state index in [4.69, 9.17) is 4.98 Å². The van der Waals surface area contributed by atoms with Gasteiger partial charge >= 0.3 is 0 Å². The van der Waals surface area contributed by atoms with Crippen LogP contribution in [-0.2, 0) is 13.0 Å². The van der Waals surface area contributed by atoms with Gasteiger partial charge in [0.1, 0.15) is 5.82 Å². The van der Waals surface area contributed by atoms with Crippen LogP contribution < -0.4 is 10.2 Å². The van der Waals surface area contributed by atoms with Gasteiger partial charge in [0.15, 0.2) is 0 Å². The molecule has 3 rings (SSSR count). The summed E-state index contributed by atoms with van der Waals surface area (Å²) in [6.07, 6.45) is 0.544. The highest BCUT2D eigenvalue weighted by molar-refractivity contribution is 5.49. The lowest BCUT2D eigenvalue weighted by Gasteiger charge is -2.31. The average molecular weight is 354 g/mol. The fraction of sp³-hybridized carbons (Fsp3) is 0.524. The third-order valence-corrected chi connectivity index (χ3v) is 4.79. The number of nitrogens with zero attached hydrogens (tertiary/aromatic N) is 3. The van der Waals surface area contributed by atoms with E-state index < -0.39 is 6.10 Å². The lowest BCUT2D eigenvalue weighted by Crippen LogP contribution is -2.31. The van der Waals surface area contributed by atoms with Crippen LogP contribution in [0, 0.1) is 0 Å². The van der Waals surface area contributed by atoms with E-state index >= 15 is 0 Å². The molecule has 140 valence electrons. The van der Waals surface area contributed by atoms with Gasteiger partial charge in [0.25, 0.3) is 0 Å². The summed E-state index contributed by atoms with van der Waals surface area (Å²) >= 11 is 0. The van der Waals surface area contributed by atoms with Crippen LogP contribution in [0.5, 0.6) is 0 Å². The first-order valence-corrected chi connectivity index (χ1v) is 9.53. The Morgan fingerprint density at radius 3 is 2.46 bits per heavy atom. The van der Waals surface area contributed by atoms with Gasteiger partial charge in [-0.15, -0.1) is 0 Å². The quantitative estimate of drug-likeness (QED) is 0.849. The number of rotatable bonds is 5. The van der Waals surface area contributed by atoms with Gasteiger partial charge in [-0.05, 0) is 49.8 Å². The second-order valence-corrected chi connectivity index (χ2v) is 7.80. The van der Waals surface area contributed by atoms with Crippen LogP contribution in [0.15, 0.2) is 24.3 Å². The van der Waals surface area contributed by atoms with Gasteiger partial charge in [0, 0.05) is 25.2 Å². The molecule has 5 nitrogen and oxygen atoms in total. The molecule has 1 aliphatic rings. The van der Waals surface area contributed by atoms with E-state index in [0.717, 1.165) is 36.6 Å². The summed E-state index contributed by atoms with van der Waals surface area (Å²) in [5, 5.41) is 13.1. The number of aromatic nitrogens is 2. The molecule has 0 aliphatic carbocycles. The number of anilines is 2. The van der Waals surface area contributed by atoms with Crippen LogP contribution in [0.2, 0.25) is 0 Å². The van der Waals surface area contributed by atoms with Gasteiger partial charge in [-0.1, -0.05) is 32.0 Å². The molecule has 0 amide bonds. The van der Waals surface area contributed by atoms with E-state index in [-0.39, 0.29) is 0 Å². The Kier molecular flexibility index (Phi) is 5.47. The average Bonchev–Trinajstić information content (AvgIpc) is 2.59. The maximum absolute atomic E-state index is 9.81. The lowest BCUT2D eigenvalue weighted by molar-refractivity contribution is 0.199. The first-order valence-electron chi connectivity index (χ1n) is 9.53. The van der Waals surface area contributed by atoms with Gasteiger partial charge in [-0.25, -0.2) is 4.98 Å². The zero-order chi connectivity index (χ0) is 18.8. The molecule has 0 bridgehead atoms. The van der Waals surface area contributed by atoms with Crippen molar-refractivity contribution in [3.8, 4) is 0 Å². The minimum Gasteiger partial charge on any atom is -0.389 e. The Morgan fingerprint density at radius 2 is 1.81 bits per heavy atom. The van der Waals surface area contributed by atoms with Crippen molar-refractivity contribution in [1.29, 1.82) is 0 Å². The topological polar surface area (TPSA) is 61.3 Å². The van der Waals surface area contributed by atoms with Crippen LogP contribution in [0.1, 0.15) is 69.0 Å². The summed E-state index contributed by atoms with van der Waals surface area (Å²) < 4.78 is 0. The number of hydrogen-bond donors (Lipinski definition) is 2. The molecular formula is C21H30N4O. The van der Waals surface area contributed by atoms with Crippen molar-refractivity contribution >= 4 is 11.8 Å². The Balaban J connectivity index is 1.88. The second-order valence-electron chi connectivity index (χ2n) is 7.80. The first-order chi connectivity index (χ1) is 12.3. The van der Waals surface area contributed by atoms with Gasteiger partial charge in [0.2, 0.25) is 5.95 Å². The van der Waals surface area contributed by atoms with Crippen molar-refractivity contribution in [3.63, 3.8) is 0 Å². The monoisotopic (exact) mass is 354 g/mol. The summed E-state index contributed by atoms with van der Waals surface area (Å²) in [5.74, 6) is 2.05. The summed E-state index contributed by atoms with van der Waals surface area (Å²) in [4.78, 5) is 11.8. The molecule has 1 atom stereocenters. The second kappa shape index (κ2) is 7.62. The molecule has 2 heterocycles. The van der Waals surface area contributed by atoms with Crippen molar-refractivity contribution in [2.24, 2.45) is 0 Å². The lowest BCUT2D eigenvalue weighted by atomic mass is 9.95. The predicted octanol–water partition coefficient (Wildman–Crippen LogP) is 4.04. The minimum absolute atomic E-state index is 0.297. The zero-order valence-corrected chi connectivity index (χ0v) is 16.5. The van der Waals surface area contributed by atoms with E-state index in [1.54, 1.807) is 0 Å². The standard InChI is InChI=1S/C21H30N4O/c1-13(2)19-11-20(24-21(23-19)22-14(3)4)25-9-8-17-10-16(15(5)26)6-7-18(17)12-25/h6-7,10-11,13-15,26H,8-9,12H2,1-5H3,(H,22,23,24)/t15-/m0/s1. The molecule has 1 aliphatic heterocycles. The summed E-state index contributed by atoms with van der Waals surface area (Å²) in [6, 6.07) is 8.72. The van der Waals surface area contributed by atoms with E-state index in [2.05, 4.69) is 61.1 Å². The SMILES string of the molecule is CC(C)Nc1nc(C(C)C)cc(N2CCc3cc([C@H](C)O)ccc3C2)n1. The molecular weight excluding hydrogens is 324 g/mol. The van der Waals surface area contributed by atoms with Crippen LogP contribution in [0.4, 0.5) is 11.8 Å². The minimum atomic E-state index is -0.418. The number of hydrogen-bond acceptors (Lipinski definition) is 5. The van der Waals surface area contributed by atoms with Crippen molar-refractivity contribution < 1.29 is 5.11 Å². The first kappa shape index (κ1) is 18.6. The third-order valence-electron chi connectivity index (χ3n) is 4.79. The smallest absolute Gasteiger partial charge is 0.225 e. The molecule has 1 aromatic heterocycles. The van der Waals surface area contributed by atoms with Gasteiger partial charge in [-0.3, -0.25) is 0 Å². The molecule has 2 aromatic rings. The predicted molar refractivity (Wildman–Crippen MR) is 107 cm³/mol. The number of aliphatic hydroxyl groups is 1. The van der Waals surface area contributed by atoms with E-state index in [0.29, 0.717) is 17.9 Å². The Hall–Kier alpha value is -2.14. The summed E-state index contributed by atoms with van der Waals surface area (Å²) in [7, 11) is 0. The highest BCUT2D eigenvalue weighted by Gasteiger charge is 2.20. The fourth-order valence-corrected chi connectivity index (χ4v) is 3.26. The van der Waals surface area contributed by atoms with Crippen LogP contribution in [-0.4, -0.2) is 27.7 Å². The molecule has 2 N–H and O–H groups in total. The Labute approximate surface area is 156 Å². The van der Waals surface area contributed by atoms with Gasteiger partial charge in [0.05, 0.1) is 11.8 Å².